The highest BCUT2D eigenvalue weighted by Gasteiger charge is 2.19. The van der Waals surface area contributed by atoms with Gasteiger partial charge in [-0.3, -0.25) is 0 Å². The highest BCUT2D eigenvalue weighted by Crippen LogP contribution is 2.24. The Labute approximate surface area is 131 Å². The van der Waals surface area contributed by atoms with Crippen LogP contribution in [0, 0.1) is 19.8 Å². The number of carbonyl (C=O) groups is 1. The third-order valence-electron chi connectivity index (χ3n) is 3.58. The molecule has 0 radical (unpaired) electrons. The number of aromatic nitrogens is 1. The Kier molecular flexibility index (Phi) is 5.20. The molecule has 0 saturated carbocycles. The van der Waals surface area contributed by atoms with E-state index in [1.807, 2.05) is 25.1 Å². The Bertz CT molecular complexity index is 634. The number of carbonyl (C=O) groups excluding carboxylic acids is 1. The van der Waals surface area contributed by atoms with E-state index >= 15 is 0 Å². The minimum Gasteiger partial charge on any atom is -0.359 e. The van der Waals surface area contributed by atoms with Gasteiger partial charge in [-0.15, -0.1) is 0 Å². The van der Waals surface area contributed by atoms with Crippen molar-refractivity contribution < 1.29 is 9.32 Å². The maximum Gasteiger partial charge on any atom is 0.315 e. The Hall–Kier alpha value is -2.30. The second-order valence-electron chi connectivity index (χ2n) is 5.84. The Morgan fingerprint density at radius 2 is 2.00 bits per heavy atom. The number of benzene rings is 1. The summed E-state index contributed by atoms with van der Waals surface area (Å²) in [6.07, 6.45) is 0. The molecule has 0 aliphatic carbocycles. The summed E-state index contributed by atoms with van der Waals surface area (Å²) in [6.45, 7) is 8.42. The Morgan fingerprint density at radius 3 is 2.59 bits per heavy atom. The number of hydrogen-bond donors (Lipinski definition) is 2. The molecule has 0 unspecified atom stereocenters. The normalized spacial score (nSPS) is 12.2. The van der Waals surface area contributed by atoms with Crippen LogP contribution in [0.4, 0.5) is 4.79 Å². The van der Waals surface area contributed by atoms with Gasteiger partial charge in [0, 0.05) is 6.07 Å². The molecule has 0 aliphatic heterocycles. The smallest absolute Gasteiger partial charge is 0.315 e. The van der Waals surface area contributed by atoms with Crippen LogP contribution >= 0.6 is 0 Å². The van der Waals surface area contributed by atoms with Crippen molar-refractivity contribution in [1.82, 2.24) is 15.8 Å². The molecule has 1 aromatic heterocycles. The summed E-state index contributed by atoms with van der Waals surface area (Å²) < 4.78 is 5.08. The topological polar surface area (TPSA) is 67.2 Å². The van der Waals surface area contributed by atoms with Gasteiger partial charge in [0.15, 0.2) is 5.76 Å². The molecular formula is C17H23N3O2. The first-order valence-electron chi connectivity index (χ1n) is 7.49. The quantitative estimate of drug-likeness (QED) is 0.888. The van der Waals surface area contributed by atoms with Crippen molar-refractivity contribution in [3.05, 3.63) is 52.9 Å². The summed E-state index contributed by atoms with van der Waals surface area (Å²) in [5.41, 5.74) is 3.12. The van der Waals surface area contributed by atoms with Gasteiger partial charge in [0.2, 0.25) is 0 Å². The van der Waals surface area contributed by atoms with Gasteiger partial charge in [0.1, 0.15) is 0 Å². The maximum absolute atomic E-state index is 12.1. The molecule has 0 spiro atoms. The van der Waals surface area contributed by atoms with Crippen LogP contribution in [0.1, 0.15) is 42.5 Å². The molecule has 1 atom stereocenters. The standard InChI is InChI=1S/C17H23N3O2/c1-11(2)16(15-8-6-5-7-12(15)3)19-17(21)18-10-14-9-13(4)20-22-14/h5-9,11,16H,10H2,1-4H3,(H2,18,19,21)/t16-/m1/s1. The van der Waals surface area contributed by atoms with E-state index in [0.29, 0.717) is 18.2 Å². The second-order valence-corrected chi connectivity index (χ2v) is 5.84. The molecule has 0 aliphatic rings. The van der Waals surface area contributed by atoms with Crippen molar-refractivity contribution in [3.63, 3.8) is 0 Å². The summed E-state index contributed by atoms with van der Waals surface area (Å²) in [5, 5.41) is 9.64. The van der Waals surface area contributed by atoms with Crippen LogP contribution in [0.5, 0.6) is 0 Å². The molecule has 0 bridgehead atoms. The minimum absolute atomic E-state index is 0.0299. The van der Waals surface area contributed by atoms with Crippen molar-refractivity contribution in [2.45, 2.75) is 40.3 Å². The summed E-state index contributed by atoms with van der Waals surface area (Å²) in [7, 11) is 0. The first kappa shape index (κ1) is 16.1. The predicted molar refractivity (Wildman–Crippen MR) is 85.4 cm³/mol. The van der Waals surface area contributed by atoms with Crippen LogP contribution in [0.2, 0.25) is 0 Å². The van der Waals surface area contributed by atoms with E-state index in [2.05, 4.69) is 48.7 Å². The highest BCUT2D eigenvalue weighted by molar-refractivity contribution is 5.74. The van der Waals surface area contributed by atoms with Gasteiger partial charge in [-0.05, 0) is 30.9 Å². The van der Waals surface area contributed by atoms with Crippen LogP contribution in [0.25, 0.3) is 0 Å². The molecule has 1 heterocycles. The second kappa shape index (κ2) is 7.11. The van der Waals surface area contributed by atoms with Crippen molar-refractivity contribution in [1.29, 1.82) is 0 Å². The number of nitrogens with zero attached hydrogens (tertiary/aromatic N) is 1. The van der Waals surface area contributed by atoms with Gasteiger partial charge in [-0.25, -0.2) is 4.79 Å². The molecule has 0 fully saturated rings. The van der Waals surface area contributed by atoms with E-state index in [0.717, 1.165) is 11.3 Å². The molecule has 0 saturated heterocycles. The molecule has 1 aromatic carbocycles. The van der Waals surface area contributed by atoms with Crippen LogP contribution in [0.3, 0.4) is 0 Å². The average Bonchev–Trinajstić information content (AvgIpc) is 2.89. The van der Waals surface area contributed by atoms with Gasteiger partial charge in [0.05, 0.1) is 18.3 Å². The van der Waals surface area contributed by atoms with Crippen LogP contribution < -0.4 is 10.6 Å². The molecule has 2 aromatic rings. The lowest BCUT2D eigenvalue weighted by atomic mass is 9.93. The summed E-state index contributed by atoms with van der Waals surface area (Å²) >= 11 is 0. The Balaban J connectivity index is 1.99. The number of rotatable bonds is 5. The molecule has 2 N–H and O–H groups in total. The number of aryl methyl sites for hydroxylation is 2. The van der Waals surface area contributed by atoms with E-state index in [4.69, 9.17) is 4.52 Å². The van der Waals surface area contributed by atoms with E-state index in [1.54, 1.807) is 0 Å². The number of hydrogen-bond acceptors (Lipinski definition) is 3. The summed E-state index contributed by atoms with van der Waals surface area (Å²) in [5.74, 6) is 0.934. The molecule has 2 rings (SSSR count). The van der Waals surface area contributed by atoms with Crippen LogP contribution in [-0.4, -0.2) is 11.2 Å². The summed E-state index contributed by atoms with van der Waals surface area (Å²) in [4.78, 5) is 12.1. The van der Waals surface area contributed by atoms with Crippen molar-refractivity contribution >= 4 is 6.03 Å². The SMILES string of the molecule is Cc1cc(CNC(=O)N[C@@H](c2ccccc2C)C(C)C)on1. The van der Waals surface area contributed by atoms with Crippen molar-refractivity contribution in [2.75, 3.05) is 0 Å². The first-order chi connectivity index (χ1) is 10.5. The fourth-order valence-corrected chi connectivity index (χ4v) is 2.40. The average molecular weight is 301 g/mol. The lowest BCUT2D eigenvalue weighted by molar-refractivity contribution is 0.231. The number of amides is 2. The lowest BCUT2D eigenvalue weighted by Crippen LogP contribution is -2.39. The van der Waals surface area contributed by atoms with Gasteiger partial charge >= 0.3 is 6.03 Å². The van der Waals surface area contributed by atoms with Crippen LogP contribution in [0.15, 0.2) is 34.9 Å². The minimum atomic E-state index is -0.212. The molecular weight excluding hydrogens is 278 g/mol. The maximum atomic E-state index is 12.1. The summed E-state index contributed by atoms with van der Waals surface area (Å²) in [6, 6.07) is 9.68. The largest absolute Gasteiger partial charge is 0.359 e. The Morgan fingerprint density at radius 1 is 1.27 bits per heavy atom. The fraction of sp³-hybridized carbons (Fsp3) is 0.412. The zero-order valence-electron chi connectivity index (χ0n) is 13.5. The lowest BCUT2D eigenvalue weighted by Gasteiger charge is -2.24. The number of nitrogens with one attached hydrogen (secondary N) is 2. The van der Waals surface area contributed by atoms with Crippen LogP contribution in [-0.2, 0) is 6.54 Å². The van der Waals surface area contributed by atoms with Gasteiger partial charge in [-0.2, -0.15) is 0 Å². The fourth-order valence-electron chi connectivity index (χ4n) is 2.40. The highest BCUT2D eigenvalue weighted by atomic mass is 16.5. The van der Waals surface area contributed by atoms with Gasteiger partial charge < -0.3 is 15.2 Å². The molecule has 5 heteroatoms. The third-order valence-corrected chi connectivity index (χ3v) is 3.58. The van der Waals surface area contributed by atoms with Crippen molar-refractivity contribution in [3.8, 4) is 0 Å². The van der Waals surface area contributed by atoms with Crippen molar-refractivity contribution in [2.24, 2.45) is 5.92 Å². The molecule has 2 amide bonds. The third kappa shape index (κ3) is 4.10. The van der Waals surface area contributed by atoms with Gasteiger partial charge in [-0.1, -0.05) is 43.3 Å². The van der Waals surface area contributed by atoms with E-state index in [-0.39, 0.29) is 12.1 Å². The van der Waals surface area contributed by atoms with E-state index in [1.165, 1.54) is 5.56 Å². The zero-order chi connectivity index (χ0) is 16.1. The molecule has 22 heavy (non-hydrogen) atoms. The monoisotopic (exact) mass is 301 g/mol. The van der Waals surface area contributed by atoms with E-state index < -0.39 is 0 Å². The predicted octanol–water partition coefficient (Wildman–Crippen LogP) is 3.49. The number of urea groups is 1. The molecule has 118 valence electrons. The molecule has 5 nitrogen and oxygen atoms in total. The van der Waals surface area contributed by atoms with E-state index in [9.17, 15) is 4.79 Å². The van der Waals surface area contributed by atoms with Gasteiger partial charge in [0.25, 0.3) is 0 Å². The first-order valence-corrected chi connectivity index (χ1v) is 7.49. The zero-order valence-corrected chi connectivity index (χ0v) is 13.5.